The van der Waals surface area contributed by atoms with Crippen LogP contribution < -0.4 is 0 Å². The van der Waals surface area contributed by atoms with Crippen LogP contribution in [0.4, 0.5) is 0 Å². The van der Waals surface area contributed by atoms with E-state index in [0.717, 1.165) is 6.42 Å². The third kappa shape index (κ3) is 36.1. The van der Waals surface area contributed by atoms with Crippen LogP contribution in [0.2, 0.25) is 0 Å². The average Bonchev–Trinajstić information content (AvgIpc) is 1.64. The van der Waals surface area contributed by atoms with Crippen molar-refractivity contribution in [2.24, 2.45) is 23.7 Å². The number of hydrogen-bond acceptors (Lipinski definition) is 41. The lowest BCUT2D eigenvalue weighted by atomic mass is 9.99. The van der Waals surface area contributed by atoms with Crippen LogP contribution in [0.15, 0.2) is 0 Å². The van der Waals surface area contributed by atoms with E-state index >= 15 is 0 Å². The molecule has 5 N–H and O–H groups in total. The molecule has 0 radical (unpaired) electrons. The summed E-state index contributed by atoms with van der Waals surface area (Å²) in [5, 5.41) is 46.7. The third-order valence-electron chi connectivity index (χ3n) is 18.8. The summed E-state index contributed by atoms with van der Waals surface area (Å²) in [6.07, 6.45) is -15.2. The number of aliphatic carboxylic acids is 1. The molecule has 12 saturated heterocycles. The summed E-state index contributed by atoms with van der Waals surface area (Å²) in [7, 11) is -8.42. The molecule has 10 unspecified atom stereocenters. The Labute approximate surface area is 739 Å². The summed E-state index contributed by atoms with van der Waals surface area (Å²) in [6, 6.07) is 0. The Hall–Kier alpha value is -3.57. The van der Waals surface area contributed by atoms with E-state index in [1.165, 1.54) is 47.9 Å². The highest BCUT2D eigenvalue weighted by molar-refractivity contribution is 7.58. The number of fused-ring (bicyclic) bond motifs is 5. The zero-order chi connectivity index (χ0) is 89.1. The molecule has 0 amide bonds. The predicted octanol–water partition coefficient (Wildman–Crippen LogP) is 10.4. The Morgan fingerprint density at radius 2 is 0.624 bits per heavy atom. The molecule has 0 bridgehead atoms. The van der Waals surface area contributed by atoms with Gasteiger partial charge in [0, 0.05) is 66.4 Å². The molecule has 0 aliphatic carbocycles. The first-order valence-electron chi connectivity index (χ1n) is 39.0. The van der Waals surface area contributed by atoms with Crippen molar-refractivity contribution in [2.75, 3.05) is 65.5 Å². The Morgan fingerprint density at radius 3 is 0.952 bits per heavy atom. The first-order chi connectivity index (χ1) is 54.4. The smallest absolute Gasteiger partial charge is 0.335 e. The second kappa shape index (κ2) is 51.6. The number of aliphatic hydroxyl groups is 4. The highest BCUT2D eigenvalue weighted by atomic mass is 31.2. The van der Waals surface area contributed by atoms with Crippen LogP contribution in [-0.4, -0.2) is 304 Å². The van der Waals surface area contributed by atoms with Crippen LogP contribution in [0, 0.1) is 23.7 Å². The summed E-state index contributed by atoms with van der Waals surface area (Å²) >= 11 is 0. The Balaban J connectivity index is 0. The highest BCUT2D eigenvalue weighted by Gasteiger charge is 2.60. The van der Waals surface area contributed by atoms with Gasteiger partial charge in [-0.1, -0.05) is 86.6 Å². The molecule has 0 aromatic rings. The molecule has 0 saturated carbocycles. The number of ether oxygens (including phenoxy) is 25. The van der Waals surface area contributed by atoms with Crippen molar-refractivity contribution in [1.29, 1.82) is 0 Å². The number of aliphatic hydroxyl groups excluding tert-OH is 4. The van der Waals surface area contributed by atoms with Crippen molar-refractivity contribution < 1.29 is 200 Å². The third-order valence-corrected chi connectivity index (χ3v) is 23.0. The van der Waals surface area contributed by atoms with Crippen LogP contribution >= 0.6 is 22.1 Å². The molecule has 12 fully saturated rings. The quantitative estimate of drug-likeness (QED) is 0.0360. The molecule has 12 rings (SSSR count). The maximum Gasteiger partial charge on any atom is 0.335 e. The monoisotopic (exact) mass is 1880 g/mol. The van der Waals surface area contributed by atoms with Crippen molar-refractivity contribution in [3.05, 3.63) is 0 Å². The SMILES string of the molecule is C.C.C.C.C.C.C.CC(=O)O[C@H]1O[C@H]2OC(C)(C)OC2[C@H]1C.CC1(C)OC2[C@@H](O[C@H](C(=O)O)[C@@H]2O)O1.CC1(C)OC2[C@@H](O[C@H](CO)[C@@H]2O)O1.CCOP(C)(=O)CO[C@H]1O[C@@H](OC(C)=O)C(OC(C)=O)[C@H]1C.CCOP(C)(=O)CO[C@H]1O[C@H]2OC(C)(C)OC2[C@H]1C.CCOP(C)(=O)CO[C@H]1O[C@H]2OC(C)(C)OC2[C@H]1O.CC[C@H]1O[C@@H](OC(C)=O)C(OC(C)=O)[C@H]1C. The van der Waals surface area contributed by atoms with Gasteiger partial charge < -0.3 is 158 Å². The number of rotatable bonds is 23. The largest absolute Gasteiger partial charge is 0.479 e. The van der Waals surface area contributed by atoms with E-state index in [2.05, 4.69) is 0 Å². The molecule has 42 nitrogen and oxygen atoms in total. The number of carboxylic acids is 1. The number of hydrogen-bond donors (Lipinski definition) is 5. The van der Waals surface area contributed by atoms with Crippen molar-refractivity contribution in [1.82, 2.24) is 0 Å². The topological polar surface area (TPSA) is 513 Å². The second-order valence-corrected chi connectivity index (χ2v) is 39.6. The Bertz CT molecular complexity index is 3350. The molecule has 12 aliphatic heterocycles. The number of esters is 5. The van der Waals surface area contributed by atoms with Crippen molar-refractivity contribution in [3.63, 3.8) is 0 Å². The highest BCUT2D eigenvalue weighted by Crippen LogP contribution is 2.49. The molecular weight excluding hydrogens is 1730 g/mol. The zero-order valence-electron chi connectivity index (χ0n) is 72.0. The van der Waals surface area contributed by atoms with Gasteiger partial charge in [0.25, 0.3) is 0 Å². The summed E-state index contributed by atoms with van der Waals surface area (Å²) in [4.78, 5) is 65.5. The summed E-state index contributed by atoms with van der Waals surface area (Å²) < 4.78 is 185. The van der Waals surface area contributed by atoms with Gasteiger partial charge in [-0.15, -0.1) is 0 Å². The molecule has 12 aliphatic rings. The first kappa shape index (κ1) is 123. The van der Waals surface area contributed by atoms with Gasteiger partial charge in [0.15, 0.2) is 97.6 Å². The van der Waals surface area contributed by atoms with E-state index in [4.69, 9.17) is 142 Å². The fourth-order valence-electron chi connectivity index (χ4n) is 13.8. The van der Waals surface area contributed by atoms with Gasteiger partial charge in [-0.3, -0.25) is 37.7 Å². The molecule has 0 aromatic carbocycles. The van der Waals surface area contributed by atoms with Gasteiger partial charge in [-0.05, 0) is 96.4 Å². The van der Waals surface area contributed by atoms with E-state index in [1.807, 2.05) is 55.4 Å². The van der Waals surface area contributed by atoms with Gasteiger partial charge in [0.2, 0.25) is 41.0 Å². The van der Waals surface area contributed by atoms with Crippen LogP contribution in [-0.2, 0) is 174 Å². The molecular formula is C80H155O42P3. The lowest BCUT2D eigenvalue weighted by Crippen LogP contribution is -2.38. The molecule has 742 valence electrons. The van der Waals surface area contributed by atoms with Gasteiger partial charge in [0.05, 0.1) is 44.4 Å². The van der Waals surface area contributed by atoms with Crippen molar-refractivity contribution in [3.8, 4) is 0 Å². The van der Waals surface area contributed by atoms with Crippen LogP contribution in [0.5, 0.6) is 0 Å². The maximum absolute atomic E-state index is 12.0. The Morgan fingerprint density at radius 1 is 0.336 bits per heavy atom. The first-order valence-corrected chi connectivity index (χ1v) is 45.8. The van der Waals surface area contributed by atoms with Crippen molar-refractivity contribution in [2.45, 2.75) is 395 Å². The second-order valence-electron chi connectivity index (χ2n) is 32.0. The minimum absolute atomic E-state index is 0. The number of carbonyl (C=O) groups is 6. The number of carboxylic acid groups (broad SMARTS) is 1. The minimum atomic E-state index is -2.88. The molecule has 31 atom stereocenters. The molecule has 45 heteroatoms. The average molecular weight is 1880 g/mol. The molecule has 125 heavy (non-hydrogen) atoms. The van der Waals surface area contributed by atoms with Gasteiger partial charge >= 0.3 is 35.8 Å². The van der Waals surface area contributed by atoms with E-state index in [1.54, 1.807) is 75.9 Å². The lowest BCUT2D eigenvalue weighted by Gasteiger charge is -2.24. The maximum atomic E-state index is 12.0. The number of carbonyl (C=O) groups excluding carboxylic acids is 5. The standard InChI is InChI=1S/C13H23O8P.C12H23O6P.C11H21O7P.C11H18O5.C10H16O5.C8H12O6.C8H14O5.7CH4/c1-6-18-22(5,16)7-17-12-8(2)11(19-9(3)14)13(21-12)20-10(4)15;1-6-15-19(5,13)7-14-10-8(2)9-11(16-10)18-12(3,4)17-9;1-5-15-19(4,13)6-14-9-7(12)8-10(16-9)18-11(2,3)17-8;1-5-9-6(2)10(14-7(3)12)11(16-9)15-8(4)13;1-5-7-9(15-10(3,4)14-7)13-8(5)12-6(2)11;1-8(2)13-5-3(9)4(6(10)11)12-7(5)14-8;1-8(2)12-6-5(10)4(3-9)11-7(6)13-8;;;;;;;/h8,11-13H,6-7H2,1-5H3;8-11H,6-7H2,1-5H3;7-10,12H,5-6H2,1-4H3;6,9-11H,5H2,1-4H3;5,7-9H,1-4H3;3-5,7,9H,1-2H3,(H,10,11);4-7,9-10H,3H2,1-2H3;7*1H4/t8-,11?,12+,13-,22?;8-,9?,10+,11+,19?;7-,8?,9+,10+,19?;6-,9+,10?,11+;5-,7?,8+,9+;3-,4-,5?,7-;4-,5+,6?,7+;;;;;;;/m1110101......./s1. The predicted molar refractivity (Wildman–Crippen MR) is 447 cm³/mol. The van der Waals surface area contributed by atoms with Crippen LogP contribution in [0.3, 0.4) is 0 Å². The molecule has 0 spiro atoms. The lowest BCUT2D eigenvalue weighted by molar-refractivity contribution is -0.257. The van der Waals surface area contributed by atoms with E-state index in [-0.39, 0.29) is 120 Å². The van der Waals surface area contributed by atoms with Crippen molar-refractivity contribution >= 4 is 57.9 Å². The summed E-state index contributed by atoms with van der Waals surface area (Å²) in [5.41, 5.74) is 0. The van der Waals surface area contributed by atoms with Gasteiger partial charge in [-0.25, -0.2) is 4.79 Å². The fourth-order valence-corrected chi connectivity index (χ4v) is 16.9. The Kier molecular flexibility index (Phi) is 51.0. The summed E-state index contributed by atoms with van der Waals surface area (Å²) in [6.45, 7) is 44.4. The van der Waals surface area contributed by atoms with Crippen LogP contribution in [0.25, 0.3) is 0 Å². The fraction of sp³-hybridized carbons (Fsp3) is 0.925. The van der Waals surface area contributed by atoms with E-state index in [9.17, 15) is 57.8 Å². The van der Waals surface area contributed by atoms with E-state index < -0.39 is 217 Å². The normalized spacial score (nSPS) is 37.0. The van der Waals surface area contributed by atoms with Gasteiger partial charge in [-0.2, -0.15) is 0 Å². The molecule has 0 aromatic heterocycles. The minimum Gasteiger partial charge on any atom is -0.479 e. The van der Waals surface area contributed by atoms with E-state index in [0.29, 0.717) is 19.8 Å². The van der Waals surface area contributed by atoms with Crippen LogP contribution in [0.1, 0.15) is 218 Å². The zero-order valence-corrected chi connectivity index (χ0v) is 74.7. The van der Waals surface area contributed by atoms with Gasteiger partial charge in [0.1, 0.15) is 74.0 Å². The molecule has 12 heterocycles. The summed E-state index contributed by atoms with van der Waals surface area (Å²) in [5.74, 6) is -7.42.